The minimum Gasteiger partial charge on any atom is -0.478 e. The van der Waals surface area contributed by atoms with Gasteiger partial charge in [-0.1, -0.05) is 25.1 Å². The van der Waals surface area contributed by atoms with Crippen molar-refractivity contribution in [2.45, 2.75) is 58.9 Å². The van der Waals surface area contributed by atoms with Gasteiger partial charge in [-0.3, -0.25) is 9.48 Å². The molecule has 2 aromatic rings. The Hall–Kier alpha value is -2.63. The second kappa shape index (κ2) is 8.39. The molecule has 6 heteroatoms. The Balaban J connectivity index is 1.67. The number of rotatable bonds is 5. The molecule has 0 spiro atoms. The van der Waals surface area contributed by atoms with E-state index in [2.05, 4.69) is 32.8 Å². The first-order chi connectivity index (χ1) is 13.7. The highest BCUT2D eigenvalue weighted by molar-refractivity contribution is 5.95. The van der Waals surface area contributed by atoms with E-state index in [-0.39, 0.29) is 11.4 Å². The number of carbonyl (C=O) groups is 2. The molecule has 1 aliphatic heterocycles. The molecule has 0 unspecified atom stereocenters. The van der Waals surface area contributed by atoms with Crippen LogP contribution < -0.4 is 0 Å². The van der Waals surface area contributed by atoms with Gasteiger partial charge in [-0.05, 0) is 64.0 Å². The Bertz CT molecular complexity index is 887. The van der Waals surface area contributed by atoms with Gasteiger partial charge in [-0.25, -0.2) is 4.79 Å². The van der Waals surface area contributed by atoms with Gasteiger partial charge >= 0.3 is 5.97 Å². The van der Waals surface area contributed by atoms with E-state index >= 15 is 0 Å². The summed E-state index contributed by atoms with van der Waals surface area (Å²) in [6.07, 6.45) is 4.98. The molecular weight excluding hydrogens is 366 g/mol. The van der Waals surface area contributed by atoms with Gasteiger partial charge in [0.15, 0.2) is 0 Å². The molecule has 29 heavy (non-hydrogen) atoms. The van der Waals surface area contributed by atoms with E-state index in [9.17, 15) is 14.7 Å². The van der Waals surface area contributed by atoms with Crippen molar-refractivity contribution >= 4 is 11.9 Å². The van der Waals surface area contributed by atoms with Crippen molar-refractivity contribution in [1.82, 2.24) is 14.7 Å². The molecule has 6 nitrogen and oxygen atoms in total. The topological polar surface area (TPSA) is 75.4 Å². The van der Waals surface area contributed by atoms with Crippen LogP contribution in [0.25, 0.3) is 0 Å². The van der Waals surface area contributed by atoms with E-state index < -0.39 is 5.97 Å². The van der Waals surface area contributed by atoms with Crippen LogP contribution in [0.15, 0.2) is 30.5 Å². The number of carbonyl (C=O) groups excluding carboxylic acids is 1. The van der Waals surface area contributed by atoms with Crippen LogP contribution in [0.2, 0.25) is 0 Å². The Labute approximate surface area is 172 Å². The summed E-state index contributed by atoms with van der Waals surface area (Å²) < 4.78 is 1.95. The van der Waals surface area contributed by atoms with Crippen LogP contribution in [0.3, 0.4) is 0 Å². The normalized spacial score (nSPS) is 15.5. The standard InChI is InChI=1S/C23H31N3O3/c1-5-20-19(15-24-26(20)23(2,3)4)21(27)25-12-10-16(11-13-25)14-17-8-6-7-9-18(17)22(28)29/h6-9,15-16H,5,10-14H2,1-4H3,(H,28,29). The maximum Gasteiger partial charge on any atom is 0.335 e. The van der Waals surface area contributed by atoms with Crippen molar-refractivity contribution < 1.29 is 14.7 Å². The van der Waals surface area contributed by atoms with Crippen LogP contribution >= 0.6 is 0 Å². The first kappa shape index (κ1) is 21.1. The van der Waals surface area contributed by atoms with E-state index in [1.807, 2.05) is 21.7 Å². The Morgan fingerprint density at radius 2 is 1.79 bits per heavy atom. The fraction of sp³-hybridized carbons (Fsp3) is 0.522. The minimum atomic E-state index is -0.879. The molecule has 1 aliphatic rings. The molecule has 1 aromatic heterocycles. The number of nitrogens with zero attached hydrogens (tertiary/aromatic N) is 3. The molecular formula is C23H31N3O3. The highest BCUT2D eigenvalue weighted by atomic mass is 16.4. The van der Waals surface area contributed by atoms with Gasteiger partial charge in [0.25, 0.3) is 5.91 Å². The second-order valence-corrected chi connectivity index (χ2v) is 8.84. The maximum atomic E-state index is 13.1. The van der Waals surface area contributed by atoms with Gasteiger partial charge < -0.3 is 10.0 Å². The zero-order chi connectivity index (χ0) is 21.2. The summed E-state index contributed by atoms with van der Waals surface area (Å²) in [6, 6.07) is 7.21. The third-order valence-electron chi connectivity index (χ3n) is 5.73. The largest absolute Gasteiger partial charge is 0.478 e. The third-order valence-corrected chi connectivity index (χ3v) is 5.73. The van der Waals surface area contributed by atoms with E-state index in [1.54, 1.807) is 18.3 Å². The second-order valence-electron chi connectivity index (χ2n) is 8.84. The zero-order valence-electron chi connectivity index (χ0n) is 17.8. The average Bonchev–Trinajstić information content (AvgIpc) is 3.13. The summed E-state index contributed by atoms with van der Waals surface area (Å²) in [4.78, 5) is 26.5. The minimum absolute atomic E-state index is 0.0572. The number of likely N-dealkylation sites (tertiary alicyclic amines) is 1. The van der Waals surface area contributed by atoms with Crippen LogP contribution in [-0.2, 0) is 18.4 Å². The van der Waals surface area contributed by atoms with Gasteiger partial charge in [-0.15, -0.1) is 0 Å². The zero-order valence-corrected chi connectivity index (χ0v) is 17.8. The molecule has 1 N–H and O–H groups in total. The van der Waals surface area contributed by atoms with Crippen molar-refractivity contribution in [3.63, 3.8) is 0 Å². The van der Waals surface area contributed by atoms with Crippen molar-refractivity contribution in [1.29, 1.82) is 0 Å². The number of hydrogen-bond donors (Lipinski definition) is 1. The Morgan fingerprint density at radius 1 is 1.14 bits per heavy atom. The number of carboxylic acid groups (broad SMARTS) is 1. The van der Waals surface area contributed by atoms with E-state index in [0.717, 1.165) is 36.9 Å². The molecule has 1 amide bonds. The number of piperidine rings is 1. The fourth-order valence-electron chi connectivity index (χ4n) is 4.20. The molecule has 1 aromatic carbocycles. The molecule has 0 atom stereocenters. The molecule has 156 valence electrons. The molecule has 0 aliphatic carbocycles. The van der Waals surface area contributed by atoms with E-state index in [4.69, 9.17) is 0 Å². The Kier molecular flexibility index (Phi) is 6.10. The summed E-state index contributed by atoms with van der Waals surface area (Å²) in [6.45, 7) is 9.73. The maximum absolute atomic E-state index is 13.1. The third kappa shape index (κ3) is 4.52. The predicted octanol–water partition coefficient (Wildman–Crippen LogP) is 3.99. The molecule has 0 saturated carbocycles. The SMILES string of the molecule is CCc1c(C(=O)N2CCC(Cc3ccccc3C(=O)O)CC2)cnn1C(C)(C)C. The van der Waals surface area contributed by atoms with Gasteiger partial charge in [0.1, 0.15) is 0 Å². The molecule has 1 saturated heterocycles. The number of hydrogen-bond acceptors (Lipinski definition) is 3. The van der Waals surface area contributed by atoms with E-state index in [1.165, 1.54) is 0 Å². The summed E-state index contributed by atoms with van der Waals surface area (Å²) in [7, 11) is 0. The monoisotopic (exact) mass is 397 g/mol. The van der Waals surface area contributed by atoms with Crippen LogP contribution in [0, 0.1) is 5.92 Å². The van der Waals surface area contributed by atoms with Crippen LogP contribution in [-0.4, -0.2) is 44.8 Å². The number of aromatic nitrogens is 2. The van der Waals surface area contributed by atoms with Crippen molar-refractivity contribution in [2.24, 2.45) is 5.92 Å². The van der Waals surface area contributed by atoms with Crippen molar-refractivity contribution in [2.75, 3.05) is 13.1 Å². The van der Waals surface area contributed by atoms with Gasteiger partial charge in [0.2, 0.25) is 0 Å². The quantitative estimate of drug-likeness (QED) is 0.828. The summed E-state index contributed by atoms with van der Waals surface area (Å²) >= 11 is 0. The molecule has 0 radical (unpaired) electrons. The first-order valence-electron chi connectivity index (χ1n) is 10.4. The first-order valence-corrected chi connectivity index (χ1v) is 10.4. The average molecular weight is 398 g/mol. The summed E-state index contributed by atoms with van der Waals surface area (Å²) in [5.41, 5.74) is 2.80. The molecule has 1 fully saturated rings. The highest BCUT2D eigenvalue weighted by Crippen LogP contribution is 2.26. The lowest BCUT2D eigenvalue weighted by molar-refractivity contribution is 0.0689. The van der Waals surface area contributed by atoms with Crippen molar-refractivity contribution in [3.8, 4) is 0 Å². The van der Waals surface area contributed by atoms with E-state index in [0.29, 0.717) is 30.1 Å². The number of benzene rings is 1. The van der Waals surface area contributed by atoms with Gasteiger partial charge in [0, 0.05) is 13.1 Å². The lowest BCUT2D eigenvalue weighted by atomic mass is 9.88. The van der Waals surface area contributed by atoms with Crippen LogP contribution in [0.5, 0.6) is 0 Å². The van der Waals surface area contributed by atoms with Crippen LogP contribution in [0.1, 0.15) is 72.5 Å². The number of carboxylic acids is 1. The highest BCUT2D eigenvalue weighted by Gasteiger charge is 2.29. The summed E-state index contributed by atoms with van der Waals surface area (Å²) in [5, 5.41) is 13.9. The van der Waals surface area contributed by atoms with Crippen molar-refractivity contribution in [3.05, 3.63) is 52.8 Å². The Morgan fingerprint density at radius 3 is 2.38 bits per heavy atom. The number of aromatic carboxylic acids is 1. The molecule has 3 rings (SSSR count). The fourth-order valence-corrected chi connectivity index (χ4v) is 4.20. The van der Waals surface area contributed by atoms with Crippen LogP contribution in [0.4, 0.5) is 0 Å². The molecule has 2 heterocycles. The van der Waals surface area contributed by atoms with Gasteiger partial charge in [-0.2, -0.15) is 5.10 Å². The predicted molar refractivity (Wildman–Crippen MR) is 112 cm³/mol. The van der Waals surface area contributed by atoms with Gasteiger partial charge in [0.05, 0.1) is 28.6 Å². The lowest BCUT2D eigenvalue weighted by Gasteiger charge is -2.32. The lowest BCUT2D eigenvalue weighted by Crippen LogP contribution is -2.39. The number of amides is 1. The smallest absolute Gasteiger partial charge is 0.335 e. The molecule has 0 bridgehead atoms. The summed E-state index contributed by atoms with van der Waals surface area (Å²) in [5.74, 6) is -0.430.